The quantitative estimate of drug-likeness (QED) is 0.202. The van der Waals surface area contributed by atoms with Gasteiger partial charge >= 0.3 is 6.09 Å². The maximum absolute atomic E-state index is 12.0. The van der Waals surface area contributed by atoms with Crippen molar-refractivity contribution in [2.75, 3.05) is 13.1 Å². The molecule has 0 radical (unpaired) electrons. The third-order valence-electron chi connectivity index (χ3n) is 5.09. The number of amides is 1. The summed E-state index contributed by atoms with van der Waals surface area (Å²) in [6.45, 7) is 9.17. The smallest absolute Gasteiger partial charge is 0.410 e. The molecule has 0 bridgehead atoms. The minimum Gasteiger partial charge on any atom is -0.410 e. The van der Waals surface area contributed by atoms with Gasteiger partial charge in [0.05, 0.1) is 6.10 Å². The van der Waals surface area contributed by atoms with Crippen LogP contribution in [-0.2, 0) is 6.42 Å². The number of carbonyl (C=O) groups excluding carboxylic acids is 1. The molecule has 2 atom stereocenters. The van der Waals surface area contributed by atoms with Crippen LogP contribution in [0.3, 0.4) is 0 Å². The van der Waals surface area contributed by atoms with Gasteiger partial charge in [0, 0.05) is 19.1 Å². The lowest BCUT2D eigenvalue weighted by Crippen LogP contribution is -2.43. The van der Waals surface area contributed by atoms with E-state index in [0.717, 1.165) is 37.7 Å². The van der Waals surface area contributed by atoms with E-state index in [2.05, 4.69) is 37.1 Å². The van der Waals surface area contributed by atoms with Gasteiger partial charge < -0.3 is 20.5 Å². The molecule has 3 N–H and O–H groups in total. The first kappa shape index (κ1) is 26.3. The number of rotatable bonds is 13. The van der Waals surface area contributed by atoms with Crippen LogP contribution in [0.5, 0.6) is 5.75 Å². The summed E-state index contributed by atoms with van der Waals surface area (Å²) in [6.07, 6.45) is 7.48. The first-order valence-corrected chi connectivity index (χ1v) is 11.4. The summed E-state index contributed by atoms with van der Waals surface area (Å²) >= 11 is 4.04. The highest BCUT2D eigenvalue weighted by molar-refractivity contribution is 7.83. The molecule has 0 saturated heterocycles. The van der Waals surface area contributed by atoms with Crippen molar-refractivity contribution in [2.45, 2.75) is 71.9 Å². The molecule has 0 aromatic heterocycles. The van der Waals surface area contributed by atoms with Crippen LogP contribution in [0.4, 0.5) is 4.79 Å². The van der Waals surface area contributed by atoms with Crippen molar-refractivity contribution in [3.05, 3.63) is 52.5 Å². The number of allylic oxidation sites excluding steroid dienone is 3. The number of aryl methyl sites for hydroxylation is 2. The predicted molar refractivity (Wildman–Crippen MR) is 128 cm³/mol. The summed E-state index contributed by atoms with van der Waals surface area (Å²) < 4.78 is 5.39. The van der Waals surface area contributed by atoms with Gasteiger partial charge in [-0.25, -0.2) is 4.79 Å². The van der Waals surface area contributed by atoms with Gasteiger partial charge in [0.25, 0.3) is 0 Å². The second kappa shape index (κ2) is 15.1. The lowest BCUT2D eigenvalue weighted by Gasteiger charge is -2.23. The molecule has 1 rings (SSSR count). The summed E-state index contributed by atoms with van der Waals surface area (Å²) in [7, 11) is 0. The number of hydrogen-bond donors (Lipinski definition) is 4. The molecule has 30 heavy (non-hydrogen) atoms. The van der Waals surface area contributed by atoms with Gasteiger partial charge in [0.15, 0.2) is 0 Å². The Morgan fingerprint density at radius 1 is 1.30 bits per heavy atom. The Morgan fingerprint density at radius 3 is 2.70 bits per heavy atom. The fourth-order valence-corrected chi connectivity index (χ4v) is 3.32. The average molecular weight is 435 g/mol. The number of benzene rings is 1. The zero-order valence-corrected chi connectivity index (χ0v) is 19.7. The first-order valence-electron chi connectivity index (χ1n) is 10.8. The van der Waals surface area contributed by atoms with Crippen molar-refractivity contribution in [1.82, 2.24) is 10.6 Å². The van der Waals surface area contributed by atoms with Gasteiger partial charge in [0.1, 0.15) is 5.75 Å². The standard InChI is InChI=1S/C24H38N2O3S/c1-5-20-12-13-23(19(4)17-20)29-24(28)26-15-14-25-21(6-2)22(27)11-7-9-18(3)10-8-16-30/h8,10,12-13,16-17,21-22,25,27,30H,5-7,9,11,14-15H2,1-4H3,(H,26,28)/b16-8-,18-10+/t21-,22?/m0/s1. The largest absolute Gasteiger partial charge is 0.412 e. The fraction of sp³-hybridized carbons (Fsp3) is 0.542. The van der Waals surface area contributed by atoms with Crippen LogP contribution in [0.2, 0.25) is 0 Å². The Bertz CT molecular complexity index is 704. The molecule has 1 amide bonds. The number of carbonyl (C=O) groups is 1. The van der Waals surface area contributed by atoms with Crippen molar-refractivity contribution in [3.63, 3.8) is 0 Å². The molecular weight excluding hydrogens is 396 g/mol. The number of ether oxygens (including phenoxy) is 1. The minimum absolute atomic E-state index is 0.00766. The Hall–Kier alpha value is -1.76. The zero-order valence-electron chi connectivity index (χ0n) is 18.8. The van der Waals surface area contributed by atoms with E-state index in [1.807, 2.05) is 44.2 Å². The van der Waals surface area contributed by atoms with E-state index in [4.69, 9.17) is 4.74 Å². The molecule has 168 valence electrons. The fourth-order valence-electron chi connectivity index (χ4n) is 3.24. The highest BCUT2D eigenvalue weighted by Gasteiger charge is 2.16. The molecule has 0 aliphatic carbocycles. The molecule has 0 aliphatic rings. The monoisotopic (exact) mass is 434 g/mol. The first-order chi connectivity index (χ1) is 14.4. The molecule has 0 saturated carbocycles. The Kier molecular flexibility index (Phi) is 13.2. The van der Waals surface area contributed by atoms with Crippen LogP contribution >= 0.6 is 12.6 Å². The maximum Gasteiger partial charge on any atom is 0.412 e. The second-order valence-corrected chi connectivity index (χ2v) is 7.85. The van der Waals surface area contributed by atoms with Crippen LogP contribution in [-0.4, -0.2) is 36.4 Å². The summed E-state index contributed by atoms with van der Waals surface area (Å²) in [6, 6.07) is 5.85. The maximum atomic E-state index is 12.0. The van der Waals surface area contributed by atoms with Crippen LogP contribution in [0.15, 0.2) is 41.3 Å². The van der Waals surface area contributed by atoms with Crippen molar-refractivity contribution < 1.29 is 14.6 Å². The molecule has 5 nitrogen and oxygen atoms in total. The number of nitrogens with one attached hydrogen (secondary N) is 2. The van der Waals surface area contributed by atoms with Crippen molar-refractivity contribution in [3.8, 4) is 5.75 Å². The SMILES string of the molecule is CCc1ccc(OC(=O)NCCN[C@@H](CC)C(O)CCC/C(C)=C/C=C\S)c(C)c1. The summed E-state index contributed by atoms with van der Waals surface area (Å²) in [4.78, 5) is 12.0. The van der Waals surface area contributed by atoms with E-state index < -0.39 is 12.2 Å². The second-order valence-electron chi connectivity index (χ2n) is 7.55. The lowest BCUT2D eigenvalue weighted by atomic mass is 10.0. The zero-order chi connectivity index (χ0) is 22.4. The Balaban J connectivity index is 2.30. The predicted octanol–water partition coefficient (Wildman–Crippen LogP) is 4.94. The lowest BCUT2D eigenvalue weighted by molar-refractivity contribution is 0.114. The van der Waals surface area contributed by atoms with Gasteiger partial charge in [-0.05, 0) is 68.6 Å². The van der Waals surface area contributed by atoms with Gasteiger partial charge in [-0.15, -0.1) is 0 Å². The summed E-state index contributed by atoms with van der Waals surface area (Å²) in [5.41, 5.74) is 3.44. The van der Waals surface area contributed by atoms with Crippen molar-refractivity contribution >= 4 is 18.7 Å². The third-order valence-corrected chi connectivity index (χ3v) is 5.27. The highest BCUT2D eigenvalue weighted by atomic mass is 32.1. The van der Waals surface area contributed by atoms with E-state index in [1.54, 1.807) is 5.41 Å². The Labute approximate surface area is 187 Å². The van der Waals surface area contributed by atoms with Gasteiger partial charge in [-0.2, -0.15) is 12.6 Å². The normalized spacial score (nSPS) is 14.0. The van der Waals surface area contributed by atoms with Gasteiger partial charge in [0.2, 0.25) is 0 Å². The van der Waals surface area contributed by atoms with E-state index in [1.165, 1.54) is 11.1 Å². The van der Waals surface area contributed by atoms with Crippen molar-refractivity contribution in [2.24, 2.45) is 0 Å². The molecule has 6 heteroatoms. The topological polar surface area (TPSA) is 70.6 Å². The molecule has 0 spiro atoms. The highest BCUT2D eigenvalue weighted by Crippen LogP contribution is 2.19. The number of hydrogen-bond acceptors (Lipinski definition) is 5. The van der Waals surface area contributed by atoms with Crippen LogP contribution in [0.1, 0.15) is 57.6 Å². The average Bonchev–Trinajstić information content (AvgIpc) is 2.73. The van der Waals surface area contributed by atoms with E-state index >= 15 is 0 Å². The minimum atomic E-state index is -0.463. The van der Waals surface area contributed by atoms with Gasteiger partial charge in [-0.1, -0.05) is 43.7 Å². The van der Waals surface area contributed by atoms with Crippen LogP contribution in [0.25, 0.3) is 0 Å². The molecule has 0 fully saturated rings. The molecular formula is C24H38N2O3S. The van der Waals surface area contributed by atoms with E-state index in [0.29, 0.717) is 18.8 Å². The van der Waals surface area contributed by atoms with Crippen molar-refractivity contribution in [1.29, 1.82) is 0 Å². The molecule has 1 aromatic rings. The Morgan fingerprint density at radius 2 is 2.07 bits per heavy atom. The van der Waals surface area contributed by atoms with Gasteiger partial charge in [-0.3, -0.25) is 0 Å². The van der Waals surface area contributed by atoms with E-state index in [9.17, 15) is 9.90 Å². The number of aliphatic hydroxyl groups is 1. The molecule has 1 aromatic carbocycles. The summed E-state index contributed by atoms with van der Waals surface area (Å²) in [5.74, 6) is 0.578. The third kappa shape index (κ3) is 10.3. The molecule has 0 heterocycles. The number of thiol groups is 1. The molecule has 1 unspecified atom stereocenters. The number of aliphatic hydroxyl groups excluding tert-OH is 1. The van der Waals surface area contributed by atoms with E-state index in [-0.39, 0.29) is 6.04 Å². The van der Waals surface area contributed by atoms with Crippen LogP contribution in [0, 0.1) is 6.92 Å². The summed E-state index contributed by atoms with van der Waals surface area (Å²) in [5, 5.41) is 18.3. The molecule has 0 aliphatic heterocycles. The van der Waals surface area contributed by atoms with Crippen LogP contribution < -0.4 is 15.4 Å².